The molecule has 1 heterocycles. The van der Waals surface area contributed by atoms with Crippen molar-refractivity contribution < 1.29 is 14.6 Å². The maximum absolute atomic E-state index is 9.89. The van der Waals surface area contributed by atoms with Gasteiger partial charge in [0.25, 0.3) is 0 Å². The molecule has 0 radical (unpaired) electrons. The maximum atomic E-state index is 9.89. The summed E-state index contributed by atoms with van der Waals surface area (Å²) in [5.74, 6) is 1.42. The van der Waals surface area contributed by atoms with Crippen LogP contribution in [0.4, 0.5) is 0 Å². The molecular weight excluding hydrogens is 240 g/mol. The molecule has 1 aromatic carbocycles. The van der Waals surface area contributed by atoms with Gasteiger partial charge in [0.2, 0.25) is 0 Å². The Morgan fingerprint density at radius 2 is 2.16 bits per heavy atom. The van der Waals surface area contributed by atoms with Gasteiger partial charge in [-0.1, -0.05) is 26.0 Å². The SMILES string of the molecule is CCc1ccc(OC)c(C(C)(CO)CC2COC2)c1. The fourth-order valence-electron chi connectivity index (χ4n) is 2.75. The molecule has 3 nitrogen and oxygen atoms in total. The molecule has 106 valence electrons. The molecule has 2 rings (SSSR count). The van der Waals surface area contributed by atoms with Crippen LogP contribution in [0.15, 0.2) is 18.2 Å². The number of aliphatic hydroxyl groups is 1. The topological polar surface area (TPSA) is 38.7 Å². The van der Waals surface area contributed by atoms with Gasteiger partial charge in [-0.2, -0.15) is 0 Å². The van der Waals surface area contributed by atoms with Crippen LogP contribution in [-0.4, -0.2) is 32.0 Å². The van der Waals surface area contributed by atoms with Gasteiger partial charge in [0, 0.05) is 16.9 Å². The normalized spacial score (nSPS) is 18.7. The zero-order chi connectivity index (χ0) is 13.9. The monoisotopic (exact) mass is 264 g/mol. The van der Waals surface area contributed by atoms with Crippen LogP contribution in [0.3, 0.4) is 0 Å². The van der Waals surface area contributed by atoms with Crippen molar-refractivity contribution in [2.45, 2.75) is 32.1 Å². The third-order valence-electron chi connectivity index (χ3n) is 4.12. The highest BCUT2D eigenvalue weighted by molar-refractivity contribution is 5.42. The van der Waals surface area contributed by atoms with Crippen LogP contribution in [-0.2, 0) is 16.6 Å². The van der Waals surface area contributed by atoms with Gasteiger partial charge in [-0.05, 0) is 24.5 Å². The van der Waals surface area contributed by atoms with Crippen molar-refractivity contribution in [3.8, 4) is 5.75 Å². The molecular formula is C16H24O3. The van der Waals surface area contributed by atoms with Gasteiger partial charge >= 0.3 is 0 Å². The van der Waals surface area contributed by atoms with E-state index >= 15 is 0 Å². The third-order valence-corrected chi connectivity index (χ3v) is 4.12. The summed E-state index contributed by atoms with van der Waals surface area (Å²) < 4.78 is 10.7. The molecule has 1 aliphatic heterocycles. The van der Waals surface area contributed by atoms with E-state index in [4.69, 9.17) is 9.47 Å². The van der Waals surface area contributed by atoms with Gasteiger partial charge in [-0.3, -0.25) is 0 Å². The van der Waals surface area contributed by atoms with Crippen LogP contribution >= 0.6 is 0 Å². The summed E-state index contributed by atoms with van der Waals surface area (Å²) >= 11 is 0. The zero-order valence-corrected chi connectivity index (χ0v) is 12.1. The van der Waals surface area contributed by atoms with Gasteiger partial charge in [0.15, 0.2) is 0 Å². The molecule has 3 heteroatoms. The third kappa shape index (κ3) is 2.93. The van der Waals surface area contributed by atoms with Crippen LogP contribution in [0.1, 0.15) is 31.4 Å². The predicted molar refractivity (Wildman–Crippen MR) is 75.7 cm³/mol. The molecule has 0 aromatic heterocycles. The largest absolute Gasteiger partial charge is 0.496 e. The molecule has 1 unspecified atom stereocenters. The minimum atomic E-state index is -0.259. The zero-order valence-electron chi connectivity index (χ0n) is 12.1. The lowest BCUT2D eigenvalue weighted by Gasteiger charge is -2.37. The number of rotatable bonds is 6. The van der Waals surface area contributed by atoms with E-state index in [1.54, 1.807) is 7.11 Å². The summed E-state index contributed by atoms with van der Waals surface area (Å²) in [6.07, 6.45) is 1.93. The van der Waals surface area contributed by atoms with E-state index in [0.717, 1.165) is 37.4 Å². The molecule has 0 amide bonds. The number of aryl methyl sites for hydroxylation is 1. The molecule has 1 aromatic rings. The molecule has 19 heavy (non-hydrogen) atoms. The predicted octanol–water partition coefficient (Wildman–Crippen LogP) is 2.54. The summed E-state index contributed by atoms with van der Waals surface area (Å²) in [7, 11) is 1.69. The van der Waals surface area contributed by atoms with Crippen LogP contribution in [0.25, 0.3) is 0 Å². The summed E-state index contributed by atoms with van der Waals surface area (Å²) in [6, 6.07) is 6.28. The molecule has 0 bridgehead atoms. The quantitative estimate of drug-likeness (QED) is 0.858. The van der Waals surface area contributed by atoms with Crippen LogP contribution < -0.4 is 4.74 Å². The number of benzene rings is 1. The van der Waals surface area contributed by atoms with Crippen molar-refractivity contribution in [1.82, 2.24) is 0 Å². The first-order chi connectivity index (χ1) is 9.12. The fourth-order valence-corrected chi connectivity index (χ4v) is 2.75. The Morgan fingerprint density at radius 1 is 1.42 bits per heavy atom. The lowest BCUT2D eigenvalue weighted by atomic mass is 9.74. The van der Waals surface area contributed by atoms with Gasteiger partial charge in [0.05, 0.1) is 26.9 Å². The molecule has 0 spiro atoms. The Bertz CT molecular complexity index is 426. The Labute approximate surface area is 115 Å². The Hall–Kier alpha value is -1.06. The van der Waals surface area contributed by atoms with Crippen LogP contribution in [0.2, 0.25) is 0 Å². The highest BCUT2D eigenvalue weighted by Gasteiger charge is 2.34. The van der Waals surface area contributed by atoms with Gasteiger partial charge in [-0.25, -0.2) is 0 Å². The second-order valence-corrected chi connectivity index (χ2v) is 5.71. The standard InChI is InChI=1S/C16H24O3/c1-4-12-5-6-15(18-3)14(7-12)16(2,11-17)8-13-9-19-10-13/h5-7,13,17H,4,8-11H2,1-3H3. The maximum Gasteiger partial charge on any atom is 0.122 e. The lowest BCUT2D eigenvalue weighted by Crippen LogP contribution is -2.37. The van der Waals surface area contributed by atoms with E-state index in [1.807, 2.05) is 6.07 Å². The second kappa shape index (κ2) is 5.93. The number of ether oxygens (including phenoxy) is 2. The van der Waals surface area contributed by atoms with E-state index in [9.17, 15) is 5.11 Å². The van der Waals surface area contributed by atoms with E-state index in [1.165, 1.54) is 5.56 Å². The second-order valence-electron chi connectivity index (χ2n) is 5.71. The summed E-state index contributed by atoms with van der Waals surface area (Å²) in [5, 5.41) is 9.89. The fraction of sp³-hybridized carbons (Fsp3) is 0.625. The Balaban J connectivity index is 2.33. The number of methoxy groups -OCH3 is 1. The highest BCUT2D eigenvalue weighted by Crippen LogP contribution is 2.38. The minimum Gasteiger partial charge on any atom is -0.496 e. The number of hydrogen-bond acceptors (Lipinski definition) is 3. The van der Waals surface area contributed by atoms with Crippen molar-refractivity contribution in [1.29, 1.82) is 0 Å². The number of hydrogen-bond donors (Lipinski definition) is 1. The minimum absolute atomic E-state index is 0.132. The molecule has 0 saturated carbocycles. The first-order valence-corrected chi connectivity index (χ1v) is 6.99. The Morgan fingerprint density at radius 3 is 2.63 bits per heavy atom. The molecule has 1 aliphatic rings. The summed E-state index contributed by atoms with van der Waals surface area (Å²) in [5.41, 5.74) is 2.13. The van der Waals surface area contributed by atoms with Crippen molar-refractivity contribution in [3.05, 3.63) is 29.3 Å². The first-order valence-electron chi connectivity index (χ1n) is 6.99. The van der Waals surface area contributed by atoms with Crippen LogP contribution in [0.5, 0.6) is 5.75 Å². The van der Waals surface area contributed by atoms with Gasteiger partial charge < -0.3 is 14.6 Å². The molecule has 1 fully saturated rings. The average Bonchev–Trinajstić information content (AvgIpc) is 2.42. The lowest BCUT2D eigenvalue weighted by molar-refractivity contribution is -0.0487. The van der Waals surface area contributed by atoms with E-state index < -0.39 is 0 Å². The van der Waals surface area contributed by atoms with E-state index in [0.29, 0.717) is 5.92 Å². The molecule has 1 N–H and O–H groups in total. The van der Waals surface area contributed by atoms with Crippen molar-refractivity contribution in [2.75, 3.05) is 26.9 Å². The summed E-state index contributed by atoms with van der Waals surface area (Å²) in [4.78, 5) is 0. The van der Waals surface area contributed by atoms with Crippen molar-refractivity contribution in [3.63, 3.8) is 0 Å². The van der Waals surface area contributed by atoms with Gasteiger partial charge in [0.1, 0.15) is 5.75 Å². The van der Waals surface area contributed by atoms with E-state index in [2.05, 4.69) is 26.0 Å². The molecule has 1 atom stereocenters. The van der Waals surface area contributed by atoms with Crippen molar-refractivity contribution in [2.24, 2.45) is 5.92 Å². The molecule has 0 aliphatic carbocycles. The molecule has 1 saturated heterocycles. The summed E-state index contributed by atoms with van der Waals surface area (Å²) in [6.45, 7) is 6.01. The average molecular weight is 264 g/mol. The number of aliphatic hydroxyl groups excluding tert-OH is 1. The van der Waals surface area contributed by atoms with Crippen LogP contribution in [0, 0.1) is 5.92 Å². The smallest absolute Gasteiger partial charge is 0.122 e. The Kier molecular flexibility index (Phi) is 4.48. The van der Waals surface area contributed by atoms with E-state index in [-0.39, 0.29) is 12.0 Å². The van der Waals surface area contributed by atoms with Crippen molar-refractivity contribution >= 4 is 0 Å². The first kappa shape index (κ1) is 14.4. The highest BCUT2D eigenvalue weighted by atomic mass is 16.5. The van der Waals surface area contributed by atoms with Gasteiger partial charge in [-0.15, -0.1) is 0 Å².